The topological polar surface area (TPSA) is 113 Å². The number of nitrogens with one attached hydrogen (secondary N) is 1. The van der Waals surface area contributed by atoms with Crippen LogP contribution in [-0.4, -0.2) is 55.2 Å². The van der Waals surface area contributed by atoms with Gasteiger partial charge in [-0.2, -0.15) is 0 Å². The maximum absolute atomic E-state index is 12.3. The van der Waals surface area contributed by atoms with Crippen LogP contribution in [0.15, 0.2) is 12.1 Å². The number of esters is 1. The predicted molar refractivity (Wildman–Crippen MR) is 115 cm³/mol. The smallest absolute Gasteiger partial charge is 0.408 e. The van der Waals surface area contributed by atoms with E-state index in [4.69, 9.17) is 23.7 Å². The molecule has 0 heterocycles. The molecule has 0 saturated heterocycles. The molecule has 0 fully saturated rings. The van der Waals surface area contributed by atoms with Gasteiger partial charge in [-0.1, -0.05) is 0 Å². The fraction of sp³-hybridized carbons (Fsp3) is 0.636. The molecule has 0 saturated carbocycles. The minimum absolute atomic E-state index is 0.190. The summed E-state index contributed by atoms with van der Waals surface area (Å²) in [6.07, 6.45) is -2.73. The highest BCUT2D eigenvalue weighted by Gasteiger charge is 2.34. The zero-order chi connectivity index (χ0) is 23.9. The molecule has 2 N–H and O–H groups in total. The van der Waals surface area contributed by atoms with Gasteiger partial charge in [0.1, 0.15) is 11.7 Å². The number of methoxy groups -OCH3 is 2. The molecule has 0 aliphatic heterocycles. The van der Waals surface area contributed by atoms with Crippen LogP contribution in [-0.2, 0) is 14.3 Å². The van der Waals surface area contributed by atoms with E-state index in [1.807, 2.05) is 27.7 Å². The molecule has 1 amide bonds. The lowest BCUT2D eigenvalue weighted by molar-refractivity contribution is -0.146. The summed E-state index contributed by atoms with van der Waals surface area (Å²) < 4.78 is 27.0. The Kier molecular flexibility index (Phi) is 9.42. The van der Waals surface area contributed by atoms with Crippen molar-refractivity contribution >= 4 is 12.1 Å². The van der Waals surface area contributed by atoms with Crippen molar-refractivity contribution in [3.05, 3.63) is 17.7 Å². The van der Waals surface area contributed by atoms with Crippen LogP contribution in [0.1, 0.15) is 60.1 Å². The molecule has 9 heteroatoms. The first-order valence-electron chi connectivity index (χ1n) is 10.1. The van der Waals surface area contributed by atoms with E-state index in [1.54, 1.807) is 20.8 Å². The molecule has 176 valence electrons. The summed E-state index contributed by atoms with van der Waals surface area (Å²) >= 11 is 0. The van der Waals surface area contributed by atoms with Crippen LogP contribution < -0.4 is 19.5 Å². The SMILES string of the molecule is COC(=O)[C@@H](NC(=O)OC(C)(C)C)[C@H](O)c1cc(OC(C)C)c(OC)c(OC(C)C)c1. The van der Waals surface area contributed by atoms with Gasteiger partial charge in [0.05, 0.1) is 26.4 Å². The number of aliphatic hydroxyl groups excluding tert-OH is 1. The van der Waals surface area contributed by atoms with Crippen LogP contribution in [0.25, 0.3) is 0 Å². The van der Waals surface area contributed by atoms with E-state index in [9.17, 15) is 14.7 Å². The first kappa shape index (κ1) is 26.4. The van der Waals surface area contributed by atoms with Crippen molar-refractivity contribution in [1.82, 2.24) is 5.32 Å². The molecule has 1 aromatic carbocycles. The fourth-order valence-electron chi connectivity index (χ4n) is 2.67. The third kappa shape index (κ3) is 8.16. The highest BCUT2D eigenvalue weighted by molar-refractivity contribution is 5.82. The summed E-state index contributed by atoms with van der Waals surface area (Å²) in [4.78, 5) is 24.6. The average molecular weight is 442 g/mol. The standard InChI is InChI=1S/C22H35NO8/c1-12(2)29-15-10-14(11-16(19(15)27-8)30-13(3)4)18(24)17(20(25)28-9)23-21(26)31-22(5,6)7/h10-13,17-18,24H,1-9H3,(H,23,26)/t17-,18+/m0/s1. The minimum Gasteiger partial charge on any atom is -0.490 e. The summed E-state index contributed by atoms with van der Waals surface area (Å²) in [7, 11) is 2.64. The van der Waals surface area contributed by atoms with Crippen LogP contribution in [0.4, 0.5) is 4.79 Å². The number of aliphatic hydroxyl groups is 1. The van der Waals surface area contributed by atoms with Crippen molar-refractivity contribution in [1.29, 1.82) is 0 Å². The quantitative estimate of drug-likeness (QED) is 0.561. The average Bonchev–Trinajstić information content (AvgIpc) is 2.62. The summed E-state index contributed by atoms with van der Waals surface area (Å²) in [5.41, 5.74) is -0.523. The number of carbonyl (C=O) groups is 2. The van der Waals surface area contributed by atoms with E-state index < -0.39 is 29.8 Å². The number of hydrogen-bond acceptors (Lipinski definition) is 8. The molecule has 0 bridgehead atoms. The van der Waals surface area contributed by atoms with Crippen molar-refractivity contribution in [2.45, 2.75) is 78.4 Å². The van der Waals surface area contributed by atoms with Crippen LogP contribution >= 0.6 is 0 Å². The Morgan fingerprint density at radius 2 is 1.45 bits per heavy atom. The Morgan fingerprint density at radius 1 is 0.968 bits per heavy atom. The van der Waals surface area contributed by atoms with E-state index in [2.05, 4.69) is 5.32 Å². The van der Waals surface area contributed by atoms with Gasteiger partial charge in [0.2, 0.25) is 5.75 Å². The van der Waals surface area contributed by atoms with E-state index >= 15 is 0 Å². The second kappa shape index (κ2) is 11.1. The second-order valence-electron chi connectivity index (χ2n) is 8.48. The number of benzene rings is 1. The van der Waals surface area contributed by atoms with Gasteiger partial charge in [-0.3, -0.25) is 0 Å². The van der Waals surface area contributed by atoms with Crippen molar-refractivity contribution in [2.75, 3.05) is 14.2 Å². The van der Waals surface area contributed by atoms with E-state index in [1.165, 1.54) is 19.2 Å². The van der Waals surface area contributed by atoms with E-state index in [0.29, 0.717) is 17.2 Å². The molecule has 0 aliphatic carbocycles. The molecule has 1 aromatic rings. The van der Waals surface area contributed by atoms with Gasteiger partial charge >= 0.3 is 12.1 Å². The largest absolute Gasteiger partial charge is 0.490 e. The normalized spacial score (nSPS) is 13.4. The fourth-order valence-corrected chi connectivity index (χ4v) is 2.67. The van der Waals surface area contributed by atoms with Gasteiger partial charge in [0, 0.05) is 0 Å². The maximum atomic E-state index is 12.3. The third-order valence-electron chi connectivity index (χ3n) is 3.76. The molecule has 0 aliphatic rings. The van der Waals surface area contributed by atoms with E-state index in [-0.39, 0.29) is 17.8 Å². The number of amides is 1. The van der Waals surface area contributed by atoms with Gasteiger partial charge in [0.15, 0.2) is 17.5 Å². The molecule has 31 heavy (non-hydrogen) atoms. The molecular formula is C22H35NO8. The van der Waals surface area contributed by atoms with Crippen molar-refractivity contribution in [3.8, 4) is 17.2 Å². The highest BCUT2D eigenvalue weighted by Crippen LogP contribution is 2.41. The first-order chi connectivity index (χ1) is 14.3. The summed E-state index contributed by atoms with van der Waals surface area (Å²) in [5, 5.41) is 13.4. The summed E-state index contributed by atoms with van der Waals surface area (Å²) in [6.45, 7) is 12.4. The zero-order valence-corrected chi connectivity index (χ0v) is 19.8. The third-order valence-corrected chi connectivity index (χ3v) is 3.76. The lowest BCUT2D eigenvalue weighted by Crippen LogP contribution is -2.47. The monoisotopic (exact) mass is 441 g/mol. The molecule has 2 atom stereocenters. The summed E-state index contributed by atoms with van der Waals surface area (Å²) in [5.74, 6) is 0.163. The molecular weight excluding hydrogens is 406 g/mol. The van der Waals surface area contributed by atoms with E-state index in [0.717, 1.165) is 7.11 Å². The van der Waals surface area contributed by atoms with Gasteiger partial charge < -0.3 is 34.1 Å². The Hall–Kier alpha value is -2.68. The van der Waals surface area contributed by atoms with Gasteiger partial charge in [0.25, 0.3) is 0 Å². The number of rotatable bonds is 9. The Labute approximate surface area is 184 Å². The number of carbonyl (C=O) groups excluding carboxylic acids is 2. The van der Waals surface area contributed by atoms with Crippen LogP contribution in [0.2, 0.25) is 0 Å². The molecule has 1 rings (SSSR count). The lowest BCUT2D eigenvalue weighted by Gasteiger charge is -2.26. The molecule has 0 radical (unpaired) electrons. The Balaban J connectivity index is 3.41. The van der Waals surface area contributed by atoms with Gasteiger partial charge in [-0.05, 0) is 66.2 Å². The van der Waals surface area contributed by atoms with Crippen LogP contribution in [0.3, 0.4) is 0 Å². The molecule has 9 nitrogen and oxygen atoms in total. The lowest BCUT2D eigenvalue weighted by atomic mass is 10.0. The number of alkyl carbamates (subject to hydrolysis) is 1. The molecule has 0 unspecified atom stereocenters. The highest BCUT2D eigenvalue weighted by atomic mass is 16.6. The van der Waals surface area contributed by atoms with Crippen molar-refractivity contribution in [2.24, 2.45) is 0 Å². The number of hydrogen-bond donors (Lipinski definition) is 2. The first-order valence-corrected chi connectivity index (χ1v) is 10.1. The zero-order valence-electron chi connectivity index (χ0n) is 19.8. The van der Waals surface area contributed by atoms with Gasteiger partial charge in [-0.25, -0.2) is 9.59 Å². The molecule has 0 spiro atoms. The number of ether oxygens (including phenoxy) is 5. The van der Waals surface area contributed by atoms with Crippen molar-refractivity contribution in [3.63, 3.8) is 0 Å². The minimum atomic E-state index is -1.48. The predicted octanol–water partition coefficient (Wildman–Crippen LogP) is 3.37. The van der Waals surface area contributed by atoms with Crippen LogP contribution in [0, 0.1) is 0 Å². The van der Waals surface area contributed by atoms with Crippen molar-refractivity contribution < 1.29 is 38.4 Å². The maximum Gasteiger partial charge on any atom is 0.408 e. The second-order valence-corrected chi connectivity index (χ2v) is 8.48. The summed E-state index contributed by atoms with van der Waals surface area (Å²) in [6, 6.07) is 1.64. The Bertz CT molecular complexity index is 723. The van der Waals surface area contributed by atoms with Crippen LogP contribution in [0.5, 0.6) is 17.2 Å². The van der Waals surface area contributed by atoms with Gasteiger partial charge in [-0.15, -0.1) is 0 Å². The Morgan fingerprint density at radius 3 is 1.81 bits per heavy atom. The molecule has 0 aromatic heterocycles.